The minimum atomic E-state index is -3.53. The fraction of sp³-hybridized carbons (Fsp3) is 0.778. The molecule has 110 valence electrons. The van der Waals surface area contributed by atoms with Crippen molar-refractivity contribution < 1.29 is 21.3 Å². The lowest BCUT2D eigenvalue weighted by Gasteiger charge is -2.03. The Bertz CT molecular complexity index is 606. The standard InChI is InChI=1S/C9H17N3O5S2/c1-3-4-7-19(15,16)10-6-5-8-11-12-9(17-8)18(2,13)14/h10H,3-7H2,1-2H3. The first kappa shape index (κ1) is 16.1. The van der Waals surface area contributed by atoms with Gasteiger partial charge in [-0.1, -0.05) is 18.4 Å². The second-order valence-corrected chi connectivity index (χ2v) is 7.87. The van der Waals surface area contributed by atoms with Crippen molar-refractivity contribution in [2.45, 2.75) is 31.4 Å². The van der Waals surface area contributed by atoms with E-state index < -0.39 is 25.1 Å². The Balaban J connectivity index is 2.48. The molecule has 0 amide bonds. The third kappa shape index (κ3) is 5.66. The van der Waals surface area contributed by atoms with Crippen molar-refractivity contribution in [1.82, 2.24) is 14.9 Å². The van der Waals surface area contributed by atoms with E-state index in [1.807, 2.05) is 6.92 Å². The maximum absolute atomic E-state index is 11.5. The van der Waals surface area contributed by atoms with Gasteiger partial charge in [-0.25, -0.2) is 21.6 Å². The highest BCUT2D eigenvalue weighted by Gasteiger charge is 2.16. The molecule has 0 saturated carbocycles. The summed E-state index contributed by atoms with van der Waals surface area (Å²) >= 11 is 0. The predicted octanol–water partition coefficient (Wildman–Crippen LogP) is -0.265. The predicted molar refractivity (Wildman–Crippen MR) is 67.8 cm³/mol. The van der Waals surface area contributed by atoms with Gasteiger partial charge in [0.1, 0.15) is 0 Å². The molecule has 0 aliphatic carbocycles. The molecule has 8 nitrogen and oxygen atoms in total. The minimum absolute atomic E-state index is 0.0714. The third-order valence-electron chi connectivity index (χ3n) is 2.19. The Morgan fingerprint density at radius 2 is 1.89 bits per heavy atom. The van der Waals surface area contributed by atoms with Crippen LogP contribution >= 0.6 is 0 Å². The van der Waals surface area contributed by atoms with E-state index in [-0.39, 0.29) is 24.6 Å². The summed E-state index contributed by atoms with van der Waals surface area (Å²) in [6.07, 6.45) is 2.49. The summed E-state index contributed by atoms with van der Waals surface area (Å²) in [5.74, 6) is 0.153. The monoisotopic (exact) mass is 311 g/mol. The maximum atomic E-state index is 11.5. The molecule has 1 heterocycles. The van der Waals surface area contributed by atoms with Crippen molar-refractivity contribution in [2.75, 3.05) is 18.6 Å². The zero-order chi connectivity index (χ0) is 14.5. The van der Waals surface area contributed by atoms with E-state index in [0.717, 1.165) is 12.7 Å². The molecule has 0 aromatic carbocycles. The van der Waals surface area contributed by atoms with E-state index in [4.69, 9.17) is 4.42 Å². The van der Waals surface area contributed by atoms with E-state index in [9.17, 15) is 16.8 Å². The summed E-state index contributed by atoms with van der Waals surface area (Å²) < 4.78 is 52.4. The largest absolute Gasteiger partial charge is 0.412 e. The highest BCUT2D eigenvalue weighted by atomic mass is 32.2. The molecule has 0 unspecified atom stereocenters. The summed E-state index contributed by atoms with van der Waals surface area (Å²) in [4.78, 5) is 0. The van der Waals surface area contributed by atoms with Crippen LogP contribution in [-0.2, 0) is 26.3 Å². The molecular weight excluding hydrogens is 294 g/mol. The van der Waals surface area contributed by atoms with Crippen LogP contribution in [0.5, 0.6) is 0 Å². The highest BCUT2D eigenvalue weighted by Crippen LogP contribution is 2.06. The molecule has 0 fully saturated rings. The number of unbranched alkanes of at least 4 members (excludes halogenated alkanes) is 1. The van der Waals surface area contributed by atoms with Crippen molar-refractivity contribution in [1.29, 1.82) is 0 Å². The molecule has 1 aromatic rings. The Labute approximate surface area is 112 Å². The molecule has 1 rings (SSSR count). The van der Waals surface area contributed by atoms with E-state index in [2.05, 4.69) is 14.9 Å². The fourth-order valence-corrected chi connectivity index (χ4v) is 2.87. The van der Waals surface area contributed by atoms with E-state index in [1.54, 1.807) is 0 Å². The first-order chi connectivity index (χ1) is 8.74. The summed E-state index contributed by atoms with van der Waals surface area (Å²) in [6, 6.07) is 0. The van der Waals surface area contributed by atoms with E-state index >= 15 is 0 Å². The van der Waals surface area contributed by atoms with Gasteiger partial charge in [-0.3, -0.25) is 0 Å². The van der Waals surface area contributed by atoms with Gasteiger partial charge >= 0.3 is 5.22 Å². The SMILES string of the molecule is CCCCS(=O)(=O)NCCc1nnc(S(C)(=O)=O)o1. The molecule has 0 aliphatic heterocycles. The number of sulfonamides is 1. The summed E-state index contributed by atoms with van der Waals surface area (Å²) in [6.45, 7) is 2.00. The third-order valence-corrected chi connectivity index (χ3v) is 4.46. The topological polar surface area (TPSA) is 119 Å². The normalized spacial score (nSPS) is 12.7. The Kier molecular flexibility index (Phi) is 5.44. The van der Waals surface area contributed by atoms with Crippen LogP contribution in [0.15, 0.2) is 9.64 Å². The summed E-state index contributed by atoms with van der Waals surface area (Å²) in [5.41, 5.74) is 0. The zero-order valence-corrected chi connectivity index (χ0v) is 12.4. The van der Waals surface area contributed by atoms with Crippen LogP contribution in [0.2, 0.25) is 0 Å². The van der Waals surface area contributed by atoms with Crippen LogP contribution < -0.4 is 4.72 Å². The van der Waals surface area contributed by atoms with E-state index in [0.29, 0.717) is 6.42 Å². The average molecular weight is 311 g/mol. The molecule has 0 bridgehead atoms. The molecule has 0 aliphatic rings. The first-order valence-electron chi connectivity index (χ1n) is 5.74. The quantitative estimate of drug-likeness (QED) is 0.702. The van der Waals surface area contributed by atoms with Gasteiger partial charge in [0, 0.05) is 19.2 Å². The number of hydrogen-bond donors (Lipinski definition) is 1. The Hall–Kier alpha value is -1.00. The molecule has 0 radical (unpaired) electrons. The molecule has 1 N–H and O–H groups in total. The number of nitrogens with one attached hydrogen (secondary N) is 1. The average Bonchev–Trinajstić information content (AvgIpc) is 2.74. The first-order valence-corrected chi connectivity index (χ1v) is 9.29. The van der Waals surface area contributed by atoms with E-state index in [1.165, 1.54) is 0 Å². The fourth-order valence-electron chi connectivity index (χ4n) is 1.21. The second-order valence-electron chi connectivity index (χ2n) is 4.05. The molecule has 0 atom stereocenters. The van der Waals surface area contributed by atoms with Gasteiger partial charge in [0.15, 0.2) is 0 Å². The van der Waals surface area contributed by atoms with Crippen molar-refractivity contribution in [3.63, 3.8) is 0 Å². The number of aromatic nitrogens is 2. The van der Waals surface area contributed by atoms with Crippen LogP contribution in [0.25, 0.3) is 0 Å². The molecule has 10 heteroatoms. The number of hydrogen-bond acceptors (Lipinski definition) is 7. The van der Waals surface area contributed by atoms with Crippen molar-refractivity contribution in [3.05, 3.63) is 5.89 Å². The van der Waals surface area contributed by atoms with Gasteiger partial charge in [0.05, 0.1) is 5.75 Å². The highest BCUT2D eigenvalue weighted by molar-refractivity contribution is 7.90. The summed E-state index contributed by atoms with van der Waals surface area (Å²) in [5, 5.41) is 6.44. The van der Waals surface area contributed by atoms with Crippen molar-refractivity contribution in [3.8, 4) is 0 Å². The minimum Gasteiger partial charge on any atom is -0.412 e. The van der Waals surface area contributed by atoms with Crippen LogP contribution in [0.3, 0.4) is 0 Å². The molecule has 0 saturated heterocycles. The number of rotatable bonds is 8. The van der Waals surface area contributed by atoms with Gasteiger partial charge in [-0.2, -0.15) is 0 Å². The van der Waals surface area contributed by atoms with Crippen LogP contribution in [0.4, 0.5) is 0 Å². The Morgan fingerprint density at radius 1 is 1.21 bits per heavy atom. The van der Waals surface area contributed by atoms with Gasteiger partial charge in [-0.15, -0.1) is 5.10 Å². The van der Waals surface area contributed by atoms with Crippen molar-refractivity contribution in [2.24, 2.45) is 0 Å². The number of sulfone groups is 1. The van der Waals surface area contributed by atoms with Crippen molar-refractivity contribution >= 4 is 19.9 Å². The molecule has 1 aromatic heterocycles. The Morgan fingerprint density at radius 3 is 2.42 bits per heavy atom. The molecule has 19 heavy (non-hydrogen) atoms. The van der Waals surface area contributed by atoms with Gasteiger partial charge in [-0.05, 0) is 6.42 Å². The van der Waals surface area contributed by atoms with Crippen LogP contribution in [0.1, 0.15) is 25.7 Å². The number of nitrogens with zero attached hydrogens (tertiary/aromatic N) is 2. The van der Waals surface area contributed by atoms with Crippen LogP contribution in [0, 0.1) is 0 Å². The maximum Gasteiger partial charge on any atom is 0.335 e. The summed E-state index contributed by atoms with van der Waals surface area (Å²) in [7, 11) is -6.82. The lowest BCUT2D eigenvalue weighted by molar-refractivity contribution is 0.397. The van der Waals surface area contributed by atoms with Gasteiger partial charge in [0.25, 0.3) is 0 Å². The zero-order valence-electron chi connectivity index (χ0n) is 10.8. The lowest BCUT2D eigenvalue weighted by Crippen LogP contribution is -2.28. The van der Waals surface area contributed by atoms with Gasteiger partial charge in [0.2, 0.25) is 25.8 Å². The molecular formula is C9H17N3O5S2. The molecule has 0 spiro atoms. The van der Waals surface area contributed by atoms with Gasteiger partial charge < -0.3 is 4.42 Å². The second kappa shape index (κ2) is 6.44. The smallest absolute Gasteiger partial charge is 0.335 e. The lowest BCUT2D eigenvalue weighted by atomic mass is 10.4. The van der Waals surface area contributed by atoms with Crippen LogP contribution in [-0.4, -0.2) is 45.6 Å².